The molecule has 0 saturated carbocycles. The summed E-state index contributed by atoms with van der Waals surface area (Å²) >= 11 is 0. The topological polar surface area (TPSA) is 48.1 Å². The number of methoxy groups -OCH3 is 1. The molecule has 1 aromatic heterocycles. The van der Waals surface area contributed by atoms with Crippen molar-refractivity contribution in [2.45, 2.75) is 12.5 Å². The second-order valence-electron chi connectivity index (χ2n) is 4.10. The van der Waals surface area contributed by atoms with Crippen LogP contribution in [0.5, 0.6) is 5.75 Å². The lowest BCUT2D eigenvalue weighted by Gasteiger charge is -2.12. The van der Waals surface area contributed by atoms with Gasteiger partial charge in [-0.25, -0.2) is 4.39 Å². The second kappa shape index (κ2) is 5.60. The van der Waals surface area contributed by atoms with Gasteiger partial charge in [-0.3, -0.25) is 4.98 Å². The standard InChI is InChI=1S/C14H15FN2O/c1-18-13-7-11(8-17-9-13)14(16)6-10-3-2-4-12(15)5-10/h2-5,7-9,14H,6,16H2,1H3. The summed E-state index contributed by atoms with van der Waals surface area (Å²) in [6, 6.07) is 8.07. The van der Waals surface area contributed by atoms with Gasteiger partial charge < -0.3 is 10.5 Å². The van der Waals surface area contributed by atoms with Gasteiger partial charge in [0.2, 0.25) is 0 Å². The number of halogens is 1. The van der Waals surface area contributed by atoms with Gasteiger partial charge in [0, 0.05) is 12.2 Å². The first-order valence-electron chi connectivity index (χ1n) is 5.68. The molecule has 18 heavy (non-hydrogen) atoms. The van der Waals surface area contributed by atoms with E-state index in [1.165, 1.54) is 12.1 Å². The zero-order chi connectivity index (χ0) is 13.0. The minimum atomic E-state index is -0.247. The Morgan fingerprint density at radius 1 is 1.33 bits per heavy atom. The average Bonchev–Trinajstić information content (AvgIpc) is 2.39. The highest BCUT2D eigenvalue weighted by Crippen LogP contribution is 2.19. The van der Waals surface area contributed by atoms with E-state index in [-0.39, 0.29) is 11.9 Å². The van der Waals surface area contributed by atoms with E-state index in [9.17, 15) is 4.39 Å². The summed E-state index contributed by atoms with van der Waals surface area (Å²) in [5, 5.41) is 0. The van der Waals surface area contributed by atoms with E-state index in [1.54, 1.807) is 25.6 Å². The molecule has 0 radical (unpaired) electrons. The van der Waals surface area contributed by atoms with Crippen molar-refractivity contribution in [1.29, 1.82) is 0 Å². The van der Waals surface area contributed by atoms with Crippen molar-refractivity contribution >= 4 is 0 Å². The Kier molecular flexibility index (Phi) is 3.89. The Bertz CT molecular complexity index is 531. The van der Waals surface area contributed by atoms with E-state index < -0.39 is 0 Å². The molecule has 1 atom stereocenters. The predicted molar refractivity (Wildman–Crippen MR) is 67.8 cm³/mol. The van der Waals surface area contributed by atoms with E-state index in [1.807, 2.05) is 12.1 Å². The van der Waals surface area contributed by atoms with Gasteiger partial charge in [-0.05, 0) is 35.7 Å². The molecule has 1 aromatic carbocycles. The van der Waals surface area contributed by atoms with Gasteiger partial charge in [0.05, 0.1) is 13.3 Å². The van der Waals surface area contributed by atoms with Crippen LogP contribution in [0.25, 0.3) is 0 Å². The van der Waals surface area contributed by atoms with Crippen LogP contribution in [0.1, 0.15) is 17.2 Å². The van der Waals surface area contributed by atoms with Crippen LogP contribution >= 0.6 is 0 Å². The number of hydrogen-bond donors (Lipinski definition) is 1. The van der Waals surface area contributed by atoms with Crippen LogP contribution < -0.4 is 10.5 Å². The lowest BCUT2D eigenvalue weighted by atomic mass is 10.0. The van der Waals surface area contributed by atoms with Gasteiger partial charge in [-0.15, -0.1) is 0 Å². The summed E-state index contributed by atoms with van der Waals surface area (Å²) < 4.78 is 18.2. The van der Waals surface area contributed by atoms with Gasteiger partial charge in [-0.2, -0.15) is 0 Å². The summed E-state index contributed by atoms with van der Waals surface area (Å²) in [4.78, 5) is 4.06. The smallest absolute Gasteiger partial charge is 0.137 e. The Morgan fingerprint density at radius 3 is 2.89 bits per heavy atom. The van der Waals surface area contributed by atoms with E-state index in [2.05, 4.69) is 4.98 Å². The third-order valence-corrected chi connectivity index (χ3v) is 2.74. The van der Waals surface area contributed by atoms with Crippen LogP contribution in [0.2, 0.25) is 0 Å². The molecule has 0 saturated heterocycles. The first-order valence-corrected chi connectivity index (χ1v) is 5.68. The quantitative estimate of drug-likeness (QED) is 0.901. The number of hydrogen-bond acceptors (Lipinski definition) is 3. The lowest BCUT2D eigenvalue weighted by molar-refractivity contribution is 0.411. The van der Waals surface area contributed by atoms with Crippen molar-refractivity contribution < 1.29 is 9.13 Å². The molecule has 0 bridgehead atoms. The van der Waals surface area contributed by atoms with Crippen molar-refractivity contribution in [1.82, 2.24) is 4.98 Å². The summed E-state index contributed by atoms with van der Waals surface area (Å²) in [6.45, 7) is 0. The molecule has 0 fully saturated rings. The summed E-state index contributed by atoms with van der Waals surface area (Å²) in [7, 11) is 1.58. The molecule has 4 heteroatoms. The maximum Gasteiger partial charge on any atom is 0.137 e. The molecule has 1 heterocycles. The van der Waals surface area contributed by atoms with Gasteiger partial charge in [0.25, 0.3) is 0 Å². The lowest BCUT2D eigenvalue weighted by Crippen LogP contribution is -2.13. The fraction of sp³-hybridized carbons (Fsp3) is 0.214. The van der Waals surface area contributed by atoms with Crippen molar-refractivity contribution in [2.75, 3.05) is 7.11 Å². The number of aromatic nitrogens is 1. The third kappa shape index (κ3) is 3.05. The largest absolute Gasteiger partial charge is 0.495 e. The normalized spacial score (nSPS) is 12.2. The molecular formula is C14H15FN2O. The first kappa shape index (κ1) is 12.5. The second-order valence-corrected chi connectivity index (χ2v) is 4.10. The molecule has 0 aliphatic heterocycles. The predicted octanol–water partition coefficient (Wildman–Crippen LogP) is 2.47. The highest BCUT2D eigenvalue weighted by atomic mass is 19.1. The molecular weight excluding hydrogens is 231 g/mol. The summed E-state index contributed by atoms with van der Waals surface area (Å²) in [6.07, 6.45) is 3.89. The van der Waals surface area contributed by atoms with Gasteiger partial charge >= 0.3 is 0 Å². The first-order chi connectivity index (χ1) is 8.69. The monoisotopic (exact) mass is 246 g/mol. The molecule has 2 aromatic rings. The van der Waals surface area contributed by atoms with Crippen LogP contribution in [0.15, 0.2) is 42.7 Å². The zero-order valence-electron chi connectivity index (χ0n) is 10.1. The van der Waals surface area contributed by atoms with Crippen LogP contribution in [-0.4, -0.2) is 12.1 Å². The SMILES string of the molecule is COc1cncc(C(N)Cc2cccc(F)c2)c1. The number of benzene rings is 1. The van der Waals surface area contributed by atoms with Crippen LogP contribution in [0.4, 0.5) is 4.39 Å². The summed E-state index contributed by atoms with van der Waals surface area (Å²) in [5.41, 5.74) is 7.82. The molecule has 0 aliphatic carbocycles. The fourth-order valence-electron chi connectivity index (χ4n) is 1.79. The molecule has 0 aliphatic rings. The van der Waals surface area contributed by atoms with E-state index in [4.69, 9.17) is 10.5 Å². The molecule has 3 nitrogen and oxygen atoms in total. The van der Waals surface area contributed by atoms with Gasteiger partial charge in [0.15, 0.2) is 0 Å². The molecule has 94 valence electrons. The number of nitrogens with zero attached hydrogens (tertiary/aromatic N) is 1. The van der Waals surface area contributed by atoms with Crippen molar-refractivity contribution in [2.24, 2.45) is 5.73 Å². The maximum absolute atomic E-state index is 13.1. The zero-order valence-corrected chi connectivity index (χ0v) is 10.1. The van der Waals surface area contributed by atoms with E-state index in [0.29, 0.717) is 12.2 Å². The van der Waals surface area contributed by atoms with Crippen molar-refractivity contribution in [3.05, 3.63) is 59.7 Å². The number of rotatable bonds is 4. The van der Waals surface area contributed by atoms with Crippen molar-refractivity contribution in [3.8, 4) is 5.75 Å². The van der Waals surface area contributed by atoms with E-state index in [0.717, 1.165) is 11.1 Å². The van der Waals surface area contributed by atoms with Crippen molar-refractivity contribution in [3.63, 3.8) is 0 Å². The Balaban J connectivity index is 2.13. The molecule has 0 spiro atoms. The van der Waals surface area contributed by atoms with Crippen LogP contribution in [0.3, 0.4) is 0 Å². The fourth-order valence-corrected chi connectivity index (χ4v) is 1.79. The molecule has 1 unspecified atom stereocenters. The van der Waals surface area contributed by atoms with Gasteiger partial charge in [-0.1, -0.05) is 12.1 Å². The third-order valence-electron chi connectivity index (χ3n) is 2.74. The highest BCUT2D eigenvalue weighted by Gasteiger charge is 2.09. The highest BCUT2D eigenvalue weighted by molar-refractivity contribution is 5.27. The maximum atomic E-state index is 13.1. The number of ether oxygens (including phenoxy) is 1. The Morgan fingerprint density at radius 2 is 2.17 bits per heavy atom. The summed E-state index contributed by atoms with van der Waals surface area (Å²) in [5.74, 6) is 0.422. The molecule has 2 rings (SSSR count). The average molecular weight is 246 g/mol. The minimum absolute atomic E-state index is 0.227. The molecule has 0 amide bonds. The number of pyridine rings is 1. The minimum Gasteiger partial charge on any atom is -0.495 e. The van der Waals surface area contributed by atoms with E-state index >= 15 is 0 Å². The van der Waals surface area contributed by atoms with Crippen LogP contribution in [0, 0.1) is 5.82 Å². The van der Waals surface area contributed by atoms with Crippen LogP contribution in [-0.2, 0) is 6.42 Å². The van der Waals surface area contributed by atoms with Gasteiger partial charge in [0.1, 0.15) is 11.6 Å². The Labute approximate surface area is 105 Å². The Hall–Kier alpha value is -1.94. The molecule has 2 N–H and O–H groups in total. The number of nitrogens with two attached hydrogens (primary N) is 1.